The Kier molecular flexibility index (Phi) is 3.68. The Balaban J connectivity index is 2.46. The lowest BCUT2D eigenvalue weighted by molar-refractivity contribution is 0.601. The summed E-state index contributed by atoms with van der Waals surface area (Å²) in [5.74, 6) is 0. The Morgan fingerprint density at radius 3 is 2.42 bits per heavy atom. The van der Waals surface area contributed by atoms with Crippen LogP contribution in [0.15, 0.2) is 47.4 Å². The molecule has 0 saturated carbocycles. The zero-order valence-electron chi connectivity index (χ0n) is 10.2. The summed E-state index contributed by atoms with van der Waals surface area (Å²) in [7, 11) is -3.75. The highest BCUT2D eigenvalue weighted by molar-refractivity contribution is 7.92. The van der Waals surface area contributed by atoms with Crippen LogP contribution in [-0.2, 0) is 10.0 Å². The summed E-state index contributed by atoms with van der Waals surface area (Å²) in [6, 6.07) is 11.4. The fraction of sp³-hybridized carbons (Fsp3) is 0.0769. The van der Waals surface area contributed by atoms with Gasteiger partial charge in [-0.25, -0.2) is 8.42 Å². The van der Waals surface area contributed by atoms with Crippen LogP contribution in [0.3, 0.4) is 0 Å². The largest absolute Gasteiger partial charge is 0.397 e. The molecule has 0 aliphatic rings. The van der Waals surface area contributed by atoms with Crippen molar-refractivity contribution in [3.8, 4) is 0 Å². The predicted octanol–water partition coefficient (Wildman–Crippen LogP) is 3.03. The number of hydrogen-bond acceptors (Lipinski definition) is 3. The number of nitrogens with one attached hydrogen (secondary N) is 1. The minimum Gasteiger partial charge on any atom is -0.397 e. The molecule has 2 rings (SSSR count). The topological polar surface area (TPSA) is 72.2 Å². The molecule has 6 heteroatoms. The van der Waals surface area contributed by atoms with Gasteiger partial charge in [-0.3, -0.25) is 4.72 Å². The first-order valence-electron chi connectivity index (χ1n) is 5.54. The number of nitrogen functional groups attached to an aromatic ring is 1. The number of hydrogen-bond donors (Lipinski definition) is 2. The number of sulfonamides is 1. The lowest BCUT2D eigenvalue weighted by Gasteiger charge is -2.13. The molecule has 0 amide bonds. The number of para-hydroxylation sites is 1. The molecule has 0 aliphatic carbocycles. The van der Waals surface area contributed by atoms with E-state index in [1.54, 1.807) is 37.3 Å². The quantitative estimate of drug-likeness (QED) is 0.855. The molecule has 0 unspecified atom stereocenters. The van der Waals surface area contributed by atoms with Crippen molar-refractivity contribution in [1.29, 1.82) is 0 Å². The van der Waals surface area contributed by atoms with Crippen LogP contribution in [0, 0.1) is 6.92 Å². The van der Waals surface area contributed by atoms with E-state index < -0.39 is 10.0 Å². The second-order valence-corrected chi connectivity index (χ2v) is 6.13. The monoisotopic (exact) mass is 296 g/mol. The van der Waals surface area contributed by atoms with E-state index in [1.807, 2.05) is 0 Å². The van der Waals surface area contributed by atoms with Gasteiger partial charge in [-0.1, -0.05) is 35.9 Å². The molecule has 2 aromatic rings. The van der Waals surface area contributed by atoms with Crippen LogP contribution in [0.5, 0.6) is 0 Å². The lowest BCUT2D eigenvalue weighted by atomic mass is 10.2. The minimum absolute atomic E-state index is 0.0271. The average Bonchev–Trinajstić information content (AvgIpc) is 2.34. The second-order valence-electron chi connectivity index (χ2n) is 4.08. The lowest BCUT2D eigenvalue weighted by Crippen LogP contribution is -2.15. The highest BCUT2D eigenvalue weighted by atomic mass is 35.5. The van der Waals surface area contributed by atoms with Gasteiger partial charge in [-0.15, -0.1) is 0 Å². The predicted molar refractivity (Wildman–Crippen MR) is 77.9 cm³/mol. The van der Waals surface area contributed by atoms with Gasteiger partial charge in [-0.2, -0.15) is 0 Å². The van der Waals surface area contributed by atoms with Crippen LogP contribution in [0.1, 0.15) is 5.56 Å². The third-order valence-corrected chi connectivity index (χ3v) is 4.52. The van der Waals surface area contributed by atoms with Crippen molar-refractivity contribution in [3.05, 3.63) is 53.1 Å². The van der Waals surface area contributed by atoms with Crippen molar-refractivity contribution in [2.24, 2.45) is 0 Å². The third-order valence-electron chi connectivity index (χ3n) is 2.67. The molecular weight excluding hydrogens is 284 g/mol. The second kappa shape index (κ2) is 5.11. The van der Waals surface area contributed by atoms with Gasteiger partial charge < -0.3 is 5.73 Å². The van der Waals surface area contributed by atoms with Crippen LogP contribution < -0.4 is 10.5 Å². The molecule has 0 radical (unpaired) electrons. The molecule has 0 spiro atoms. The van der Waals surface area contributed by atoms with Crippen LogP contribution in [0.2, 0.25) is 5.02 Å². The molecule has 0 aliphatic heterocycles. The first-order chi connectivity index (χ1) is 8.92. The molecule has 0 fully saturated rings. The van der Waals surface area contributed by atoms with Crippen molar-refractivity contribution < 1.29 is 8.42 Å². The van der Waals surface area contributed by atoms with Gasteiger partial charge in [0.1, 0.15) is 4.90 Å². The van der Waals surface area contributed by atoms with Gasteiger partial charge in [0.15, 0.2) is 0 Å². The van der Waals surface area contributed by atoms with E-state index in [-0.39, 0.29) is 9.92 Å². The van der Waals surface area contributed by atoms with Crippen LogP contribution in [-0.4, -0.2) is 8.42 Å². The van der Waals surface area contributed by atoms with Crippen molar-refractivity contribution in [3.63, 3.8) is 0 Å². The average molecular weight is 297 g/mol. The van der Waals surface area contributed by atoms with Crippen LogP contribution in [0.25, 0.3) is 0 Å². The van der Waals surface area contributed by atoms with Gasteiger partial charge in [0.2, 0.25) is 0 Å². The smallest absolute Gasteiger partial charge is 0.263 e. The molecule has 0 bridgehead atoms. The number of benzene rings is 2. The molecule has 3 N–H and O–H groups in total. The number of anilines is 2. The summed E-state index contributed by atoms with van der Waals surface area (Å²) < 4.78 is 27.0. The summed E-state index contributed by atoms with van der Waals surface area (Å²) >= 11 is 5.90. The number of aryl methyl sites for hydroxylation is 1. The molecule has 0 saturated heterocycles. The van der Waals surface area contributed by atoms with Crippen molar-refractivity contribution >= 4 is 33.0 Å². The Hall–Kier alpha value is -1.72. The van der Waals surface area contributed by atoms with E-state index in [1.165, 1.54) is 12.1 Å². The summed E-state index contributed by atoms with van der Waals surface area (Å²) in [6.07, 6.45) is 0. The molecule has 4 nitrogen and oxygen atoms in total. The summed E-state index contributed by atoms with van der Waals surface area (Å²) in [4.78, 5) is 0.0271. The normalized spacial score (nSPS) is 11.3. The number of nitrogens with two attached hydrogens (primary N) is 1. The number of rotatable bonds is 3. The fourth-order valence-corrected chi connectivity index (χ4v) is 3.36. The maximum absolute atomic E-state index is 12.3. The van der Waals surface area contributed by atoms with Crippen LogP contribution >= 0.6 is 11.6 Å². The first-order valence-corrected chi connectivity index (χ1v) is 7.40. The van der Waals surface area contributed by atoms with Gasteiger partial charge in [0.05, 0.1) is 16.4 Å². The summed E-state index contributed by atoms with van der Waals surface area (Å²) in [5.41, 5.74) is 7.28. The van der Waals surface area contributed by atoms with E-state index in [2.05, 4.69) is 4.72 Å². The van der Waals surface area contributed by atoms with Gasteiger partial charge in [0.25, 0.3) is 10.0 Å². The highest BCUT2D eigenvalue weighted by Crippen LogP contribution is 2.28. The number of halogens is 1. The van der Waals surface area contributed by atoms with Crippen LogP contribution in [0.4, 0.5) is 11.4 Å². The van der Waals surface area contributed by atoms with Gasteiger partial charge >= 0.3 is 0 Å². The van der Waals surface area contributed by atoms with E-state index in [9.17, 15) is 8.42 Å². The molecule has 2 aromatic carbocycles. The molecular formula is C13H13ClN2O2S. The van der Waals surface area contributed by atoms with E-state index in [0.717, 1.165) is 5.56 Å². The maximum atomic E-state index is 12.3. The van der Waals surface area contributed by atoms with Crippen molar-refractivity contribution in [2.75, 3.05) is 10.5 Å². The Labute approximate surface area is 117 Å². The van der Waals surface area contributed by atoms with E-state index >= 15 is 0 Å². The van der Waals surface area contributed by atoms with Gasteiger partial charge in [0, 0.05) is 0 Å². The Morgan fingerprint density at radius 2 is 1.79 bits per heavy atom. The van der Waals surface area contributed by atoms with Crippen molar-refractivity contribution in [1.82, 2.24) is 0 Å². The van der Waals surface area contributed by atoms with Crippen molar-refractivity contribution in [2.45, 2.75) is 11.8 Å². The highest BCUT2D eigenvalue weighted by Gasteiger charge is 2.19. The Bertz CT molecular complexity index is 694. The molecule has 100 valence electrons. The molecule has 0 heterocycles. The molecule has 0 aromatic heterocycles. The third kappa shape index (κ3) is 2.83. The van der Waals surface area contributed by atoms with E-state index in [0.29, 0.717) is 11.4 Å². The van der Waals surface area contributed by atoms with Gasteiger partial charge in [-0.05, 0) is 30.7 Å². The minimum atomic E-state index is -3.75. The maximum Gasteiger partial charge on any atom is 0.263 e. The SMILES string of the molecule is Cc1cccc(N)c1NS(=O)(=O)c1ccccc1Cl. The fourth-order valence-electron chi connectivity index (χ4n) is 1.68. The zero-order chi connectivity index (χ0) is 14.0. The first kappa shape index (κ1) is 13.7. The van der Waals surface area contributed by atoms with E-state index in [4.69, 9.17) is 17.3 Å². The standard InChI is InChI=1S/C13H13ClN2O2S/c1-9-5-4-7-11(15)13(9)16-19(17,18)12-8-3-2-6-10(12)14/h2-8,16H,15H2,1H3. The Morgan fingerprint density at radius 1 is 1.11 bits per heavy atom. The summed E-state index contributed by atoms with van der Waals surface area (Å²) in [6.45, 7) is 1.78. The summed E-state index contributed by atoms with van der Waals surface area (Å²) in [5, 5.41) is 0.169. The molecule has 0 atom stereocenters. The molecule has 19 heavy (non-hydrogen) atoms. The zero-order valence-corrected chi connectivity index (χ0v) is 11.8.